The SMILES string of the molecule is CC(C)[C@H](N)C(=O)OCC[C@H](NC(=O)C1SCCN1S(=O)(=O)c1ccc(-c2ccccc2)cc1)c1ccc(F)cc1. The molecule has 1 amide bonds. The maximum Gasteiger partial charge on any atom is 0.323 e. The molecule has 1 saturated heterocycles. The van der Waals surface area contributed by atoms with Crippen molar-refractivity contribution in [3.63, 3.8) is 0 Å². The highest BCUT2D eigenvalue weighted by Crippen LogP contribution is 2.32. The van der Waals surface area contributed by atoms with E-state index in [-0.39, 0.29) is 30.4 Å². The molecule has 3 N–H and O–H groups in total. The van der Waals surface area contributed by atoms with Crippen molar-refractivity contribution in [3.8, 4) is 11.1 Å². The fourth-order valence-corrected chi connectivity index (χ4v) is 7.48. The topological polar surface area (TPSA) is 119 Å². The van der Waals surface area contributed by atoms with Crippen LogP contribution in [0, 0.1) is 11.7 Å². The van der Waals surface area contributed by atoms with E-state index in [4.69, 9.17) is 10.5 Å². The lowest BCUT2D eigenvalue weighted by Gasteiger charge is -2.26. The molecule has 1 heterocycles. The van der Waals surface area contributed by atoms with Gasteiger partial charge in [-0.05, 0) is 46.9 Å². The summed E-state index contributed by atoms with van der Waals surface area (Å²) in [6.07, 6.45) is 0.193. The first-order valence-corrected chi connectivity index (χ1v) is 15.8. The van der Waals surface area contributed by atoms with Gasteiger partial charge in [0.2, 0.25) is 15.9 Å². The van der Waals surface area contributed by atoms with Gasteiger partial charge in [0, 0.05) is 18.7 Å². The number of sulfonamides is 1. The molecule has 0 aliphatic carbocycles. The molecule has 8 nitrogen and oxygen atoms in total. The third-order valence-electron chi connectivity index (χ3n) is 6.87. The summed E-state index contributed by atoms with van der Waals surface area (Å²) in [5, 5.41) is 1.90. The zero-order valence-corrected chi connectivity index (χ0v) is 24.5. The van der Waals surface area contributed by atoms with Crippen molar-refractivity contribution in [1.82, 2.24) is 9.62 Å². The van der Waals surface area contributed by atoms with Crippen LogP contribution in [0.1, 0.15) is 31.9 Å². The highest BCUT2D eigenvalue weighted by Gasteiger charge is 2.40. The maximum atomic E-state index is 13.6. The zero-order chi connectivity index (χ0) is 29.6. The van der Waals surface area contributed by atoms with Crippen LogP contribution in [-0.4, -0.2) is 54.9 Å². The molecule has 1 aliphatic heterocycles. The number of benzene rings is 3. The van der Waals surface area contributed by atoms with Gasteiger partial charge in [-0.3, -0.25) is 9.59 Å². The number of rotatable bonds is 11. The molecule has 3 aromatic rings. The smallest absolute Gasteiger partial charge is 0.323 e. The summed E-state index contributed by atoms with van der Waals surface area (Å²) in [4.78, 5) is 25.8. The lowest BCUT2D eigenvalue weighted by atomic mass is 10.0. The summed E-state index contributed by atoms with van der Waals surface area (Å²) >= 11 is 1.23. The van der Waals surface area contributed by atoms with Crippen molar-refractivity contribution in [2.45, 2.75) is 42.6 Å². The Kier molecular flexibility index (Phi) is 10.2. The minimum atomic E-state index is -3.96. The molecule has 0 radical (unpaired) electrons. The van der Waals surface area contributed by atoms with Gasteiger partial charge < -0.3 is 15.8 Å². The van der Waals surface area contributed by atoms with Gasteiger partial charge in [-0.2, -0.15) is 4.31 Å². The molecule has 0 aromatic heterocycles. The lowest BCUT2D eigenvalue weighted by Crippen LogP contribution is -2.46. The van der Waals surface area contributed by atoms with Gasteiger partial charge >= 0.3 is 5.97 Å². The maximum absolute atomic E-state index is 13.6. The van der Waals surface area contributed by atoms with Gasteiger partial charge in [-0.25, -0.2) is 12.8 Å². The number of thioether (sulfide) groups is 1. The minimum absolute atomic E-state index is 0.0326. The quantitative estimate of drug-likeness (QED) is 0.315. The number of halogens is 1. The normalized spacial score (nSPS) is 17.2. The van der Waals surface area contributed by atoms with Crippen molar-refractivity contribution in [1.29, 1.82) is 0 Å². The fraction of sp³-hybridized carbons (Fsp3) is 0.333. The van der Waals surface area contributed by atoms with Crippen LogP contribution in [0.5, 0.6) is 0 Å². The summed E-state index contributed by atoms with van der Waals surface area (Å²) < 4.78 is 47.3. The Labute approximate surface area is 244 Å². The highest BCUT2D eigenvalue weighted by molar-refractivity contribution is 8.02. The van der Waals surface area contributed by atoms with Crippen LogP contribution in [0.25, 0.3) is 11.1 Å². The molecule has 0 spiro atoms. The summed E-state index contributed by atoms with van der Waals surface area (Å²) in [6.45, 7) is 3.76. The van der Waals surface area contributed by atoms with Crippen LogP contribution in [0.2, 0.25) is 0 Å². The number of esters is 1. The molecule has 218 valence electrons. The van der Waals surface area contributed by atoms with E-state index in [0.29, 0.717) is 11.3 Å². The number of carbonyl (C=O) groups excluding carboxylic acids is 2. The Morgan fingerprint density at radius 3 is 2.29 bits per heavy atom. The number of nitrogens with two attached hydrogens (primary N) is 1. The average Bonchev–Trinajstić information content (AvgIpc) is 3.48. The zero-order valence-electron chi connectivity index (χ0n) is 22.9. The van der Waals surface area contributed by atoms with E-state index in [1.165, 1.54) is 40.3 Å². The van der Waals surface area contributed by atoms with Crippen molar-refractivity contribution in [2.75, 3.05) is 18.9 Å². The van der Waals surface area contributed by atoms with Crippen molar-refractivity contribution >= 4 is 33.7 Å². The van der Waals surface area contributed by atoms with E-state index in [0.717, 1.165) is 11.1 Å². The fourth-order valence-electron chi connectivity index (χ4n) is 4.40. The Morgan fingerprint density at radius 2 is 1.66 bits per heavy atom. The standard InChI is InChI=1S/C30H34FN3O5S2/c1-20(2)27(32)30(36)39-18-16-26(23-8-12-24(31)13-9-23)33-28(35)29-34(17-19-40-29)41(37,38)25-14-10-22(11-15-25)21-6-4-3-5-7-21/h3-15,20,26-27,29H,16-19,32H2,1-2H3,(H,33,35)/t26-,27-,29?/m0/s1. The number of hydrogen-bond acceptors (Lipinski definition) is 7. The number of ether oxygens (including phenoxy) is 1. The summed E-state index contributed by atoms with van der Waals surface area (Å²) in [6, 6.07) is 20.4. The first kappa shape index (κ1) is 30.7. The van der Waals surface area contributed by atoms with Crippen LogP contribution in [0.4, 0.5) is 4.39 Å². The van der Waals surface area contributed by atoms with Crippen LogP contribution in [0.15, 0.2) is 83.8 Å². The number of hydrogen-bond donors (Lipinski definition) is 2. The first-order valence-electron chi connectivity index (χ1n) is 13.3. The van der Waals surface area contributed by atoms with Gasteiger partial charge in [0.05, 0.1) is 17.5 Å². The molecule has 3 atom stereocenters. The van der Waals surface area contributed by atoms with Crippen molar-refractivity contribution < 1.29 is 27.1 Å². The highest BCUT2D eigenvalue weighted by atomic mass is 32.2. The molecule has 1 aliphatic rings. The van der Waals surface area contributed by atoms with E-state index in [1.807, 2.05) is 44.2 Å². The predicted molar refractivity (Wildman–Crippen MR) is 158 cm³/mol. The molecule has 11 heteroatoms. The van der Waals surface area contributed by atoms with Gasteiger partial charge in [0.25, 0.3) is 0 Å². The molecular weight excluding hydrogens is 565 g/mol. The molecule has 4 rings (SSSR count). The number of nitrogens with one attached hydrogen (secondary N) is 1. The van der Waals surface area contributed by atoms with Crippen molar-refractivity contribution in [2.24, 2.45) is 11.7 Å². The second kappa shape index (κ2) is 13.6. The Hall–Kier alpha value is -3.25. The Morgan fingerprint density at radius 1 is 1.02 bits per heavy atom. The van der Waals surface area contributed by atoms with Crippen LogP contribution in [-0.2, 0) is 24.3 Å². The first-order chi connectivity index (χ1) is 19.6. The second-order valence-electron chi connectivity index (χ2n) is 10.1. The molecule has 0 bridgehead atoms. The summed E-state index contributed by atoms with van der Waals surface area (Å²) in [5.41, 5.74) is 8.30. The van der Waals surface area contributed by atoms with Crippen LogP contribution >= 0.6 is 11.8 Å². The van der Waals surface area contributed by atoms with E-state index in [9.17, 15) is 22.4 Å². The lowest BCUT2D eigenvalue weighted by molar-refractivity contribution is -0.146. The average molecular weight is 600 g/mol. The van der Waals surface area contributed by atoms with E-state index >= 15 is 0 Å². The number of amides is 1. The predicted octanol–water partition coefficient (Wildman–Crippen LogP) is 4.33. The molecule has 1 unspecified atom stereocenters. The monoisotopic (exact) mass is 599 g/mol. The van der Waals surface area contributed by atoms with Crippen LogP contribution in [0.3, 0.4) is 0 Å². The van der Waals surface area contributed by atoms with Gasteiger partial charge in [0.1, 0.15) is 17.2 Å². The third-order valence-corrected chi connectivity index (χ3v) is 10.1. The Bertz CT molecular complexity index is 1440. The molecule has 41 heavy (non-hydrogen) atoms. The minimum Gasteiger partial charge on any atom is -0.464 e. The number of carbonyl (C=O) groups is 2. The molecular formula is C30H34FN3O5S2. The molecule has 3 aromatic carbocycles. The third kappa shape index (κ3) is 7.53. The molecule has 1 fully saturated rings. The van der Waals surface area contributed by atoms with Gasteiger partial charge in [-0.15, -0.1) is 11.8 Å². The summed E-state index contributed by atoms with van der Waals surface area (Å²) in [5.74, 6) is -1.14. The van der Waals surface area contributed by atoms with E-state index in [2.05, 4.69) is 5.32 Å². The Balaban J connectivity index is 1.48. The van der Waals surface area contributed by atoms with Crippen LogP contribution < -0.4 is 11.1 Å². The van der Waals surface area contributed by atoms with Gasteiger partial charge in [0.15, 0.2) is 0 Å². The van der Waals surface area contributed by atoms with E-state index < -0.39 is 45.2 Å². The largest absolute Gasteiger partial charge is 0.464 e. The molecule has 0 saturated carbocycles. The second-order valence-corrected chi connectivity index (χ2v) is 13.1. The van der Waals surface area contributed by atoms with Crippen molar-refractivity contribution in [3.05, 3.63) is 90.2 Å². The van der Waals surface area contributed by atoms with Gasteiger partial charge in [-0.1, -0.05) is 68.4 Å². The number of nitrogens with zero attached hydrogens (tertiary/aromatic N) is 1. The van der Waals surface area contributed by atoms with E-state index in [1.54, 1.807) is 24.3 Å². The summed E-state index contributed by atoms with van der Waals surface area (Å²) in [7, 11) is -3.96.